The molecular weight excluding hydrogens is 268 g/mol. The number of phenols is 1. The van der Waals surface area contributed by atoms with Crippen molar-refractivity contribution in [3.63, 3.8) is 0 Å². The van der Waals surface area contributed by atoms with Crippen LogP contribution in [0.2, 0.25) is 0 Å². The van der Waals surface area contributed by atoms with E-state index in [4.69, 9.17) is 0 Å². The number of hydrogen-bond donors (Lipinski definition) is 1. The van der Waals surface area contributed by atoms with Crippen molar-refractivity contribution in [1.82, 2.24) is 9.78 Å². The molecule has 1 aromatic heterocycles. The van der Waals surface area contributed by atoms with Crippen molar-refractivity contribution in [2.45, 2.75) is 19.2 Å². The van der Waals surface area contributed by atoms with E-state index in [1.54, 1.807) is 12.1 Å². The zero-order valence-corrected chi connectivity index (χ0v) is 10.8. The Morgan fingerprint density at radius 1 is 1.38 bits per heavy atom. The molecule has 4 heteroatoms. The van der Waals surface area contributed by atoms with Crippen LogP contribution in [-0.2, 0) is 5.33 Å². The Kier molecular flexibility index (Phi) is 3.01. The molecular formula is C12H13BrN2O. The first-order valence-corrected chi connectivity index (χ1v) is 6.15. The van der Waals surface area contributed by atoms with Crippen LogP contribution in [-0.4, -0.2) is 14.9 Å². The number of aryl methyl sites for hydroxylation is 2. The van der Waals surface area contributed by atoms with E-state index < -0.39 is 0 Å². The molecule has 0 aliphatic carbocycles. The third-order valence-corrected chi connectivity index (χ3v) is 3.18. The van der Waals surface area contributed by atoms with E-state index >= 15 is 0 Å². The second-order valence-corrected chi connectivity index (χ2v) is 4.35. The number of nitrogens with zero attached hydrogens (tertiary/aromatic N) is 2. The van der Waals surface area contributed by atoms with Crippen LogP contribution in [0.15, 0.2) is 24.4 Å². The smallest absolute Gasteiger partial charge is 0.115 e. The molecule has 2 aromatic rings. The van der Waals surface area contributed by atoms with Crippen LogP contribution in [0.3, 0.4) is 0 Å². The molecule has 0 atom stereocenters. The van der Waals surface area contributed by atoms with Crippen molar-refractivity contribution >= 4 is 15.9 Å². The van der Waals surface area contributed by atoms with Gasteiger partial charge in [-0.2, -0.15) is 5.10 Å². The summed E-state index contributed by atoms with van der Waals surface area (Å²) in [6.45, 7) is 3.95. The number of hydrogen-bond acceptors (Lipinski definition) is 2. The van der Waals surface area contributed by atoms with Crippen LogP contribution in [0.5, 0.6) is 5.75 Å². The molecule has 1 N–H and O–H groups in total. The first kappa shape index (κ1) is 11.2. The van der Waals surface area contributed by atoms with Gasteiger partial charge >= 0.3 is 0 Å². The first-order valence-electron chi connectivity index (χ1n) is 5.03. The summed E-state index contributed by atoms with van der Waals surface area (Å²) in [6.07, 6.45) is 2.00. The largest absolute Gasteiger partial charge is 0.508 e. The second-order valence-electron chi connectivity index (χ2n) is 3.79. The van der Waals surface area contributed by atoms with E-state index in [9.17, 15) is 5.11 Å². The predicted octanol–water partition coefficient (Wildman–Crippen LogP) is 3.09. The summed E-state index contributed by atoms with van der Waals surface area (Å²) in [5.74, 6) is 0.283. The Morgan fingerprint density at radius 2 is 2.12 bits per heavy atom. The molecule has 0 unspecified atom stereocenters. The van der Waals surface area contributed by atoms with E-state index in [1.165, 1.54) is 5.56 Å². The molecule has 0 fully saturated rings. The van der Waals surface area contributed by atoms with Gasteiger partial charge in [0.2, 0.25) is 0 Å². The van der Waals surface area contributed by atoms with Gasteiger partial charge in [0.05, 0.1) is 11.4 Å². The van der Waals surface area contributed by atoms with Crippen LogP contribution in [0.1, 0.15) is 16.8 Å². The van der Waals surface area contributed by atoms with Gasteiger partial charge in [0.1, 0.15) is 5.75 Å². The number of halogens is 1. The molecule has 84 valence electrons. The Morgan fingerprint density at radius 3 is 2.69 bits per heavy atom. The maximum Gasteiger partial charge on any atom is 0.115 e. The molecule has 16 heavy (non-hydrogen) atoms. The zero-order valence-electron chi connectivity index (χ0n) is 9.24. The summed E-state index contributed by atoms with van der Waals surface area (Å²) < 4.78 is 1.85. The number of phenolic OH excluding ortho intramolecular Hbond substituents is 1. The molecule has 0 bridgehead atoms. The summed E-state index contributed by atoms with van der Waals surface area (Å²) in [5, 5.41) is 14.6. The minimum atomic E-state index is 0.283. The van der Waals surface area contributed by atoms with Gasteiger partial charge in [-0.15, -0.1) is 0 Å². The van der Waals surface area contributed by atoms with Crippen molar-refractivity contribution in [2.75, 3.05) is 0 Å². The topological polar surface area (TPSA) is 38.0 Å². The molecule has 3 nitrogen and oxygen atoms in total. The second kappa shape index (κ2) is 4.29. The fourth-order valence-corrected chi connectivity index (χ4v) is 2.20. The molecule has 0 amide bonds. The van der Waals surface area contributed by atoms with Gasteiger partial charge in [-0.3, -0.25) is 0 Å². The minimum absolute atomic E-state index is 0.283. The lowest BCUT2D eigenvalue weighted by molar-refractivity contribution is 0.474. The maximum absolute atomic E-state index is 9.35. The van der Waals surface area contributed by atoms with Crippen LogP contribution in [0, 0.1) is 13.8 Å². The summed E-state index contributed by atoms with van der Waals surface area (Å²) in [7, 11) is 0. The molecule has 0 aliphatic heterocycles. The van der Waals surface area contributed by atoms with E-state index in [-0.39, 0.29) is 5.75 Å². The predicted molar refractivity (Wildman–Crippen MR) is 67.3 cm³/mol. The number of rotatable bonds is 2. The minimum Gasteiger partial charge on any atom is -0.508 e. The third-order valence-electron chi connectivity index (χ3n) is 2.57. The summed E-state index contributed by atoms with van der Waals surface area (Å²) >= 11 is 3.43. The molecule has 1 heterocycles. The van der Waals surface area contributed by atoms with Crippen molar-refractivity contribution < 1.29 is 5.11 Å². The van der Waals surface area contributed by atoms with Gasteiger partial charge in [-0.25, -0.2) is 4.68 Å². The average Bonchev–Trinajstić information content (AvgIpc) is 2.59. The van der Waals surface area contributed by atoms with E-state index in [0.717, 1.165) is 22.3 Å². The molecule has 2 rings (SSSR count). The highest BCUT2D eigenvalue weighted by Crippen LogP contribution is 2.20. The van der Waals surface area contributed by atoms with Crippen molar-refractivity contribution in [2.24, 2.45) is 0 Å². The number of aromatic hydroxyl groups is 1. The van der Waals surface area contributed by atoms with Crippen LogP contribution >= 0.6 is 15.9 Å². The first-order chi connectivity index (χ1) is 7.61. The van der Waals surface area contributed by atoms with Crippen LogP contribution in [0.25, 0.3) is 5.69 Å². The van der Waals surface area contributed by atoms with Gasteiger partial charge in [0.25, 0.3) is 0 Å². The molecule has 0 radical (unpaired) electrons. The van der Waals surface area contributed by atoms with E-state index in [2.05, 4.69) is 21.0 Å². The van der Waals surface area contributed by atoms with Gasteiger partial charge in [-0.1, -0.05) is 15.9 Å². The molecule has 0 saturated carbocycles. The quantitative estimate of drug-likeness (QED) is 0.859. The standard InChI is InChI=1S/C12H13BrN2O/c1-8-5-11(16)3-4-12(8)15-7-10(6-13)9(2)14-15/h3-5,7,16H,6H2,1-2H3. The summed E-state index contributed by atoms with van der Waals surface area (Å²) in [6, 6.07) is 5.28. The zero-order chi connectivity index (χ0) is 11.7. The van der Waals surface area contributed by atoms with Crippen molar-refractivity contribution in [1.29, 1.82) is 0 Å². The third kappa shape index (κ3) is 1.97. The van der Waals surface area contributed by atoms with Crippen LogP contribution < -0.4 is 0 Å². The fraction of sp³-hybridized carbons (Fsp3) is 0.250. The Hall–Kier alpha value is -1.29. The van der Waals surface area contributed by atoms with Crippen LogP contribution in [0.4, 0.5) is 0 Å². The van der Waals surface area contributed by atoms with Gasteiger partial charge in [-0.05, 0) is 37.6 Å². The fourth-order valence-electron chi connectivity index (χ4n) is 1.65. The summed E-state index contributed by atoms with van der Waals surface area (Å²) in [5.41, 5.74) is 4.19. The molecule has 0 saturated heterocycles. The molecule has 0 spiro atoms. The number of benzene rings is 1. The van der Waals surface area contributed by atoms with Gasteiger partial charge in [0, 0.05) is 17.1 Å². The lowest BCUT2D eigenvalue weighted by atomic mass is 10.2. The van der Waals surface area contributed by atoms with Gasteiger partial charge in [0.15, 0.2) is 0 Å². The highest BCUT2D eigenvalue weighted by atomic mass is 79.9. The normalized spacial score (nSPS) is 10.7. The SMILES string of the molecule is Cc1cc(O)ccc1-n1cc(CBr)c(C)n1. The lowest BCUT2D eigenvalue weighted by Crippen LogP contribution is -1.97. The lowest BCUT2D eigenvalue weighted by Gasteiger charge is -2.05. The van der Waals surface area contributed by atoms with E-state index in [1.807, 2.05) is 30.8 Å². The highest BCUT2D eigenvalue weighted by molar-refractivity contribution is 9.08. The van der Waals surface area contributed by atoms with Crippen molar-refractivity contribution in [3.05, 3.63) is 41.2 Å². The summed E-state index contributed by atoms with van der Waals surface area (Å²) in [4.78, 5) is 0. The Bertz CT molecular complexity index is 520. The maximum atomic E-state index is 9.35. The van der Waals surface area contributed by atoms with Crippen molar-refractivity contribution in [3.8, 4) is 11.4 Å². The number of alkyl halides is 1. The van der Waals surface area contributed by atoms with E-state index in [0.29, 0.717) is 0 Å². The number of aromatic nitrogens is 2. The van der Waals surface area contributed by atoms with Gasteiger partial charge < -0.3 is 5.11 Å². The highest BCUT2D eigenvalue weighted by Gasteiger charge is 2.07. The molecule has 0 aliphatic rings. The monoisotopic (exact) mass is 280 g/mol. The average molecular weight is 281 g/mol. The molecule has 1 aromatic carbocycles. The Balaban J connectivity index is 2.50. The Labute approximate surface area is 103 Å².